The average Bonchev–Trinajstić information content (AvgIpc) is 2.91. The number of esters is 1. The molecule has 0 heterocycles. The molecule has 5 aromatic carbocycles. The van der Waals surface area contributed by atoms with Crippen LogP contribution in [0.3, 0.4) is 0 Å². The van der Waals surface area contributed by atoms with Gasteiger partial charge in [-0.25, -0.2) is 0 Å². The SMILES string of the molecule is O=C(Nc1ccccc1OC(=O)C(c1ccccc1)c1ccccc1)c1cccc2ccccc12. The fraction of sp³-hybridized carbons (Fsp3) is 0.0323. The zero-order valence-corrected chi connectivity index (χ0v) is 18.9. The highest BCUT2D eigenvalue weighted by Crippen LogP contribution is 2.31. The molecule has 0 aliphatic heterocycles. The van der Waals surface area contributed by atoms with E-state index in [0.717, 1.165) is 21.9 Å². The number of amides is 1. The van der Waals surface area contributed by atoms with E-state index < -0.39 is 11.9 Å². The number of ether oxygens (including phenoxy) is 1. The van der Waals surface area contributed by atoms with E-state index in [-0.39, 0.29) is 5.91 Å². The topological polar surface area (TPSA) is 55.4 Å². The summed E-state index contributed by atoms with van der Waals surface area (Å²) in [5, 5.41) is 4.76. The lowest BCUT2D eigenvalue weighted by molar-refractivity contribution is -0.135. The molecule has 5 aromatic rings. The molecular formula is C31H23NO3. The van der Waals surface area contributed by atoms with E-state index in [2.05, 4.69) is 5.32 Å². The molecule has 0 aromatic heterocycles. The molecule has 0 aliphatic rings. The molecule has 0 aliphatic carbocycles. The molecule has 0 bridgehead atoms. The molecule has 4 nitrogen and oxygen atoms in total. The van der Waals surface area contributed by atoms with Gasteiger partial charge in [0.15, 0.2) is 5.75 Å². The third-order valence-corrected chi connectivity index (χ3v) is 5.88. The van der Waals surface area contributed by atoms with E-state index in [4.69, 9.17) is 4.74 Å². The number of hydrogen-bond acceptors (Lipinski definition) is 3. The smallest absolute Gasteiger partial charge is 0.323 e. The quantitative estimate of drug-likeness (QED) is 0.225. The second kappa shape index (κ2) is 10.1. The molecule has 35 heavy (non-hydrogen) atoms. The fourth-order valence-corrected chi connectivity index (χ4v) is 4.19. The standard InChI is InChI=1S/C31H23NO3/c33-30(26-19-11-17-22-12-7-8-18-25(22)26)32-27-20-9-10-21-28(27)35-31(34)29(23-13-3-1-4-14-23)24-15-5-2-6-16-24/h1-21,29H,(H,32,33). The van der Waals surface area contributed by atoms with Crippen molar-refractivity contribution >= 4 is 28.3 Å². The lowest BCUT2D eigenvalue weighted by atomic mass is 9.91. The molecular weight excluding hydrogens is 434 g/mol. The van der Waals surface area contributed by atoms with Gasteiger partial charge in [-0.1, -0.05) is 109 Å². The minimum absolute atomic E-state index is 0.270. The van der Waals surface area contributed by atoms with Gasteiger partial charge in [-0.15, -0.1) is 0 Å². The zero-order valence-electron chi connectivity index (χ0n) is 18.9. The largest absolute Gasteiger partial charge is 0.424 e. The summed E-state index contributed by atoms with van der Waals surface area (Å²) >= 11 is 0. The van der Waals surface area contributed by atoms with Crippen molar-refractivity contribution in [2.24, 2.45) is 0 Å². The van der Waals surface area contributed by atoms with E-state index in [9.17, 15) is 9.59 Å². The number of hydrogen-bond donors (Lipinski definition) is 1. The summed E-state index contributed by atoms with van der Waals surface area (Å²) in [4.78, 5) is 26.7. The Labute approximate surface area is 203 Å². The summed E-state index contributed by atoms with van der Waals surface area (Å²) in [6.45, 7) is 0. The van der Waals surface area contributed by atoms with E-state index in [1.165, 1.54) is 0 Å². The predicted molar refractivity (Wildman–Crippen MR) is 139 cm³/mol. The fourth-order valence-electron chi connectivity index (χ4n) is 4.19. The van der Waals surface area contributed by atoms with Crippen LogP contribution in [0.5, 0.6) is 5.75 Å². The van der Waals surface area contributed by atoms with Gasteiger partial charge >= 0.3 is 5.97 Å². The molecule has 0 saturated carbocycles. The third kappa shape index (κ3) is 4.82. The second-order valence-corrected chi connectivity index (χ2v) is 8.15. The number of rotatable bonds is 6. The molecule has 5 rings (SSSR count). The van der Waals surface area contributed by atoms with Gasteiger partial charge in [0.25, 0.3) is 5.91 Å². The first-order valence-electron chi connectivity index (χ1n) is 11.4. The van der Waals surface area contributed by atoms with Gasteiger partial charge in [-0.3, -0.25) is 9.59 Å². The Balaban J connectivity index is 1.44. The molecule has 0 saturated heterocycles. The van der Waals surface area contributed by atoms with Crippen LogP contribution in [0.2, 0.25) is 0 Å². The first-order valence-corrected chi connectivity index (χ1v) is 11.4. The van der Waals surface area contributed by atoms with Crippen molar-refractivity contribution < 1.29 is 14.3 Å². The first-order chi connectivity index (χ1) is 17.2. The summed E-state index contributed by atoms with van der Waals surface area (Å²) in [6, 6.07) is 39.4. The van der Waals surface area contributed by atoms with Gasteiger partial charge in [-0.05, 0) is 40.1 Å². The minimum Gasteiger partial charge on any atom is -0.424 e. The summed E-state index contributed by atoms with van der Waals surface area (Å²) in [7, 11) is 0. The normalized spacial score (nSPS) is 10.8. The van der Waals surface area contributed by atoms with Crippen molar-refractivity contribution in [3.63, 3.8) is 0 Å². The van der Waals surface area contributed by atoms with Gasteiger partial charge < -0.3 is 10.1 Å². The van der Waals surface area contributed by atoms with Crippen LogP contribution >= 0.6 is 0 Å². The Hall–Kier alpha value is -4.70. The van der Waals surface area contributed by atoms with Gasteiger partial charge in [0.1, 0.15) is 5.92 Å². The number of fused-ring (bicyclic) bond motifs is 1. The van der Waals surface area contributed by atoms with E-state index in [1.54, 1.807) is 30.3 Å². The first kappa shape index (κ1) is 22.1. The Morgan fingerprint density at radius 3 is 1.89 bits per heavy atom. The van der Waals surface area contributed by atoms with Crippen LogP contribution in [-0.4, -0.2) is 11.9 Å². The van der Waals surface area contributed by atoms with Crippen LogP contribution in [0.15, 0.2) is 127 Å². The number of anilines is 1. The van der Waals surface area contributed by atoms with E-state index >= 15 is 0 Å². The van der Waals surface area contributed by atoms with Crippen molar-refractivity contribution in [3.05, 3.63) is 144 Å². The Kier molecular flexibility index (Phi) is 6.35. The van der Waals surface area contributed by atoms with Crippen molar-refractivity contribution in [1.82, 2.24) is 0 Å². The van der Waals surface area contributed by atoms with Crippen LogP contribution in [0.1, 0.15) is 27.4 Å². The van der Waals surface area contributed by atoms with Gasteiger partial charge in [0.2, 0.25) is 0 Å². The van der Waals surface area contributed by atoms with Crippen LogP contribution in [-0.2, 0) is 4.79 Å². The molecule has 0 unspecified atom stereocenters. The van der Waals surface area contributed by atoms with Crippen molar-refractivity contribution in [1.29, 1.82) is 0 Å². The molecule has 0 fully saturated rings. The van der Waals surface area contributed by atoms with Gasteiger partial charge in [-0.2, -0.15) is 0 Å². The highest BCUT2D eigenvalue weighted by molar-refractivity contribution is 6.13. The Morgan fingerprint density at radius 1 is 0.600 bits per heavy atom. The maximum absolute atomic E-state index is 13.5. The molecule has 170 valence electrons. The number of nitrogens with one attached hydrogen (secondary N) is 1. The van der Waals surface area contributed by atoms with Crippen molar-refractivity contribution in [2.75, 3.05) is 5.32 Å². The van der Waals surface area contributed by atoms with Crippen LogP contribution in [0.25, 0.3) is 10.8 Å². The molecule has 0 atom stereocenters. The van der Waals surface area contributed by atoms with Gasteiger partial charge in [0.05, 0.1) is 5.69 Å². The summed E-state index contributed by atoms with van der Waals surface area (Å²) in [6.07, 6.45) is 0. The summed E-state index contributed by atoms with van der Waals surface area (Å²) < 4.78 is 5.89. The molecule has 1 amide bonds. The summed E-state index contributed by atoms with van der Waals surface area (Å²) in [5.74, 6) is -0.996. The molecule has 4 heteroatoms. The molecule has 0 spiro atoms. The molecule has 1 N–H and O–H groups in total. The Morgan fingerprint density at radius 2 is 1.17 bits per heavy atom. The maximum atomic E-state index is 13.5. The van der Waals surface area contributed by atoms with Crippen molar-refractivity contribution in [2.45, 2.75) is 5.92 Å². The van der Waals surface area contributed by atoms with Crippen molar-refractivity contribution in [3.8, 4) is 5.75 Å². The molecule has 0 radical (unpaired) electrons. The van der Waals surface area contributed by atoms with Gasteiger partial charge in [0, 0.05) is 5.56 Å². The highest BCUT2D eigenvalue weighted by Gasteiger charge is 2.25. The Bertz CT molecular complexity index is 1430. The lowest BCUT2D eigenvalue weighted by Gasteiger charge is -2.18. The average molecular weight is 458 g/mol. The second-order valence-electron chi connectivity index (χ2n) is 8.15. The predicted octanol–water partition coefficient (Wildman–Crippen LogP) is 6.83. The van der Waals surface area contributed by atoms with E-state index in [1.807, 2.05) is 97.1 Å². The van der Waals surface area contributed by atoms with Crippen LogP contribution in [0.4, 0.5) is 5.69 Å². The number of carbonyl (C=O) groups excluding carboxylic acids is 2. The highest BCUT2D eigenvalue weighted by atomic mass is 16.5. The zero-order chi connectivity index (χ0) is 24.0. The number of benzene rings is 5. The maximum Gasteiger partial charge on any atom is 0.323 e. The van der Waals surface area contributed by atoms with Crippen LogP contribution < -0.4 is 10.1 Å². The monoisotopic (exact) mass is 457 g/mol. The number of para-hydroxylation sites is 2. The minimum atomic E-state index is -0.598. The third-order valence-electron chi connectivity index (χ3n) is 5.88. The number of carbonyl (C=O) groups is 2. The summed E-state index contributed by atoms with van der Waals surface area (Å²) in [5.41, 5.74) is 2.65. The van der Waals surface area contributed by atoms with E-state index in [0.29, 0.717) is 17.0 Å². The van der Waals surface area contributed by atoms with Crippen LogP contribution in [0, 0.1) is 0 Å². The lowest BCUT2D eigenvalue weighted by Crippen LogP contribution is -2.21.